The molecule has 0 heterocycles. The number of hydrogen-bond donors (Lipinski definition) is 1. The number of nitro groups is 1. The number of nitro benzene ring substituents is 1. The molecule has 1 aliphatic rings. The van der Waals surface area contributed by atoms with Crippen LogP contribution < -0.4 is 10.1 Å². The molecule has 0 spiro atoms. The maximum atomic E-state index is 12.8. The molecule has 1 N–H and O–H groups in total. The highest BCUT2D eigenvalue weighted by Gasteiger charge is 2.31. The van der Waals surface area contributed by atoms with E-state index in [0.29, 0.717) is 0 Å². The Bertz CT molecular complexity index is 960. The molecular formula is C20H18ClF3N2O4. The number of hydrogen-bond acceptors (Lipinski definition) is 4. The fraction of sp³-hybridized carbons (Fsp3) is 0.350. The van der Waals surface area contributed by atoms with Crippen molar-refractivity contribution in [1.29, 1.82) is 0 Å². The third kappa shape index (κ3) is 5.21. The van der Waals surface area contributed by atoms with E-state index in [-0.39, 0.29) is 28.1 Å². The van der Waals surface area contributed by atoms with Crippen LogP contribution in [-0.2, 0) is 6.18 Å². The van der Waals surface area contributed by atoms with Gasteiger partial charge in [-0.15, -0.1) is 0 Å². The van der Waals surface area contributed by atoms with Crippen LogP contribution in [0.25, 0.3) is 0 Å². The number of rotatable bonds is 5. The highest BCUT2D eigenvalue weighted by atomic mass is 35.5. The van der Waals surface area contributed by atoms with Crippen LogP contribution in [0.15, 0.2) is 36.4 Å². The lowest BCUT2D eigenvalue weighted by atomic mass is 9.95. The maximum Gasteiger partial charge on any atom is 0.416 e. The Kier molecular flexibility index (Phi) is 6.50. The summed E-state index contributed by atoms with van der Waals surface area (Å²) in [4.78, 5) is 23.3. The van der Waals surface area contributed by atoms with Gasteiger partial charge in [-0.3, -0.25) is 14.9 Å². The quantitative estimate of drug-likeness (QED) is 0.446. The van der Waals surface area contributed by atoms with Crippen molar-refractivity contribution in [1.82, 2.24) is 5.32 Å². The van der Waals surface area contributed by atoms with Crippen LogP contribution in [0.3, 0.4) is 0 Å². The fourth-order valence-electron chi connectivity index (χ4n) is 3.32. The molecule has 0 unspecified atom stereocenters. The van der Waals surface area contributed by atoms with Crippen LogP contribution in [0.2, 0.25) is 5.02 Å². The van der Waals surface area contributed by atoms with Gasteiger partial charge in [0.15, 0.2) is 0 Å². The van der Waals surface area contributed by atoms with Crippen LogP contribution in [0.5, 0.6) is 11.5 Å². The van der Waals surface area contributed by atoms with Crippen molar-refractivity contribution >= 4 is 23.2 Å². The highest BCUT2D eigenvalue weighted by molar-refractivity contribution is 6.32. The first-order valence-electron chi connectivity index (χ1n) is 9.29. The zero-order valence-electron chi connectivity index (χ0n) is 15.7. The third-order valence-corrected chi connectivity index (χ3v) is 5.13. The number of ether oxygens (including phenoxy) is 1. The zero-order chi connectivity index (χ0) is 21.9. The Hall–Kier alpha value is -2.81. The second kappa shape index (κ2) is 8.91. The van der Waals surface area contributed by atoms with Crippen molar-refractivity contribution in [3.8, 4) is 11.5 Å². The molecule has 0 aromatic heterocycles. The minimum absolute atomic E-state index is 0.0380. The molecule has 2 aromatic rings. The Labute approximate surface area is 175 Å². The highest BCUT2D eigenvalue weighted by Crippen LogP contribution is 2.37. The molecule has 0 aliphatic heterocycles. The van der Waals surface area contributed by atoms with Gasteiger partial charge in [0.2, 0.25) is 0 Å². The summed E-state index contributed by atoms with van der Waals surface area (Å²) < 4.78 is 43.8. The van der Waals surface area contributed by atoms with E-state index in [1.54, 1.807) is 0 Å². The summed E-state index contributed by atoms with van der Waals surface area (Å²) in [6.45, 7) is 0. The van der Waals surface area contributed by atoms with Gasteiger partial charge in [0, 0.05) is 18.2 Å². The van der Waals surface area contributed by atoms with Gasteiger partial charge in [-0.2, -0.15) is 13.2 Å². The lowest BCUT2D eigenvalue weighted by Gasteiger charge is -2.22. The van der Waals surface area contributed by atoms with Crippen LogP contribution in [-0.4, -0.2) is 16.9 Å². The van der Waals surface area contributed by atoms with Gasteiger partial charge in [0.05, 0.1) is 15.5 Å². The smallest absolute Gasteiger partial charge is 0.416 e. The molecule has 0 atom stereocenters. The van der Waals surface area contributed by atoms with Crippen molar-refractivity contribution in [2.75, 3.05) is 0 Å². The average molecular weight is 443 g/mol. The SMILES string of the molecule is O=C(NC1CCCCC1)c1cc(Oc2ccc(C(F)(F)F)cc2Cl)ccc1[N+](=O)[O-]. The molecule has 6 nitrogen and oxygen atoms in total. The Morgan fingerprint density at radius 3 is 2.43 bits per heavy atom. The first-order chi connectivity index (χ1) is 14.1. The summed E-state index contributed by atoms with van der Waals surface area (Å²) in [5.74, 6) is -0.634. The van der Waals surface area contributed by atoms with Crippen LogP contribution in [0.1, 0.15) is 48.0 Å². The van der Waals surface area contributed by atoms with E-state index in [1.807, 2.05) is 0 Å². The van der Waals surface area contributed by atoms with Crippen LogP contribution in [0.4, 0.5) is 18.9 Å². The van der Waals surface area contributed by atoms with Gasteiger partial charge >= 0.3 is 6.18 Å². The van der Waals surface area contributed by atoms with E-state index in [1.165, 1.54) is 12.1 Å². The van der Waals surface area contributed by atoms with Gasteiger partial charge in [0.25, 0.3) is 11.6 Å². The number of carbonyl (C=O) groups excluding carboxylic acids is 1. The van der Waals surface area contributed by atoms with Crippen molar-refractivity contribution < 1.29 is 27.6 Å². The van der Waals surface area contributed by atoms with Gasteiger partial charge in [-0.05, 0) is 37.1 Å². The van der Waals surface area contributed by atoms with Crippen molar-refractivity contribution in [3.63, 3.8) is 0 Å². The van der Waals surface area contributed by atoms with Crippen molar-refractivity contribution in [2.24, 2.45) is 0 Å². The minimum Gasteiger partial charge on any atom is -0.456 e. The Balaban J connectivity index is 1.85. The monoisotopic (exact) mass is 442 g/mol. The Morgan fingerprint density at radius 1 is 1.13 bits per heavy atom. The van der Waals surface area contributed by atoms with Crippen LogP contribution in [0, 0.1) is 10.1 Å². The summed E-state index contributed by atoms with van der Waals surface area (Å²) in [6, 6.07) is 6.08. The van der Waals surface area contributed by atoms with Crippen molar-refractivity contribution in [2.45, 2.75) is 44.3 Å². The van der Waals surface area contributed by atoms with E-state index in [0.717, 1.165) is 56.4 Å². The second-order valence-corrected chi connectivity index (χ2v) is 7.40. The fourth-order valence-corrected chi connectivity index (χ4v) is 3.54. The predicted molar refractivity (Wildman–Crippen MR) is 104 cm³/mol. The summed E-state index contributed by atoms with van der Waals surface area (Å²) in [6.07, 6.45) is 0.0860. The first kappa shape index (κ1) is 21.9. The van der Waals surface area contributed by atoms with E-state index in [4.69, 9.17) is 16.3 Å². The standard InChI is InChI=1S/C20H18ClF3N2O4/c21-16-10-12(20(22,23)24)6-9-18(16)30-14-7-8-17(26(28)29)15(11-14)19(27)25-13-4-2-1-3-5-13/h6-11,13H,1-5H2,(H,25,27). The van der Waals surface area contributed by atoms with Gasteiger partial charge in [0.1, 0.15) is 17.1 Å². The molecular weight excluding hydrogens is 425 g/mol. The number of amides is 1. The molecule has 0 radical (unpaired) electrons. The summed E-state index contributed by atoms with van der Waals surface area (Å²) in [7, 11) is 0. The van der Waals surface area contributed by atoms with E-state index in [2.05, 4.69) is 5.32 Å². The minimum atomic E-state index is -4.56. The largest absolute Gasteiger partial charge is 0.456 e. The lowest BCUT2D eigenvalue weighted by molar-refractivity contribution is -0.385. The molecule has 1 fully saturated rings. The number of carbonyl (C=O) groups is 1. The van der Waals surface area contributed by atoms with Gasteiger partial charge in [-0.1, -0.05) is 30.9 Å². The molecule has 2 aromatic carbocycles. The van der Waals surface area contributed by atoms with Gasteiger partial charge < -0.3 is 10.1 Å². The normalized spacial score (nSPS) is 14.9. The molecule has 0 saturated heterocycles. The van der Waals surface area contributed by atoms with Crippen molar-refractivity contribution in [3.05, 3.63) is 62.7 Å². The van der Waals surface area contributed by atoms with E-state index in [9.17, 15) is 28.1 Å². The maximum absolute atomic E-state index is 12.8. The number of alkyl halides is 3. The molecule has 30 heavy (non-hydrogen) atoms. The van der Waals surface area contributed by atoms with Crippen LogP contribution >= 0.6 is 11.6 Å². The summed E-state index contributed by atoms with van der Waals surface area (Å²) in [5, 5.41) is 13.9. The molecule has 10 heteroatoms. The second-order valence-electron chi connectivity index (χ2n) is 6.99. The molecule has 3 rings (SSSR count). The molecule has 1 aliphatic carbocycles. The lowest BCUT2D eigenvalue weighted by Crippen LogP contribution is -2.36. The van der Waals surface area contributed by atoms with E-state index >= 15 is 0 Å². The number of nitrogens with zero attached hydrogens (tertiary/aromatic N) is 1. The third-order valence-electron chi connectivity index (χ3n) is 4.84. The number of benzene rings is 2. The summed E-state index contributed by atoms with van der Waals surface area (Å²) in [5.41, 5.74) is -1.52. The number of nitrogens with one attached hydrogen (secondary N) is 1. The average Bonchev–Trinajstić information content (AvgIpc) is 2.69. The molecule has 1 amide bonds. The zero-order valence-corrected chi connectivity index (χ0v) is 16.4. The van der Waals surface area contributed by atoms with Gasteiger partial charge in [-0.25, -0.2) is 0 Å². The topological polar surface area (TPSA) is 81.5 Å². The summed E-state index contributed by atoms with van der Waals surface area (Å²) >= 11 is 5.89. The molecule has 0 bridgehead atoms. The number of halogens is 4. The molecule has 1 saturated carbocycles. The Morgan fingerprint density at radius 2 is 1.83 bits per heavy atom. The first-order valence-corrected chi connectivity index (χ1v) is 9.67. The predicted octanol–water partition coefficient (Wildman–Crippen LogP) is 6.12. The van der Waals surface area contributed by atoms with E-state index < -0.39 is 28.3 Å². The molecule has 160 valence electrons.